The summed E-state index contributed by atoms with van der Waals surface area (Å²) in [5, 5.41) is 1.28. The van der Waals surface area contributed by atoms with Gasteiger partial charge in [0.2, 0.25) is 5.91 Å². The predicted molar refractivity (Wildman–Crippen MR) is 96.7 cm³/mol. The van der Waals surface area contributed by atoms with Crippen LogP contribution in [0.15, 0.2) is 30.3 Å². The minimum Gasteiger partial charge on any atom is -0.357 e. The lowest BCUT2D eigenvalue weighted by molar-refractivity contribution is -0.138. The standard InChI is InChI=1S/C20H27N3O/c24-20(16-6-2-1-3-7-16)23-12-10-22(11-13-23)15-18-14-17-8-4-5-9-19(17)21-18/h4-5,8-9,14,16,21H,1-3,6-7,10-13,15H2. The van der Waals surface area contributed by atoms with E-state index in [2.05, 4.69) is 45.1 Å². The van der Waals surface area contributed by atoms with Crippen LogP contribution in [0.4, 0.5) is 0 Å². The molecule has 24 heavy (non-hydrogen) atoms. The molecule has 1 aromatic heterocycles. The van der Waals surface area contributed by atoms with E-state index in [4.69, 9.17) is 0 Å². The lowest BCUT2D eigenvalue weighted by Gasteiger charge is -2.37. The van der Waals surface area contributed by atoms with Gasteiger partial charge < -0.3 is 9.88 Å². The van der Waals surface area contributed by atoms with Crippen molar-refractivity contribution in [3.63, 3.8) is 0 Å². The molecule has 2 heterocycles. The number of fused-ring (bicyclic) bond motifs is 1. The maximum absolute atomic E-state index is 12.6. The van der Waals surface area contributed by atoms with E-state index in [0.717, 1.165) is 45.6 Å². The molecule has 2 aromatic rings. The third-order valence-electron chi connectivity index (χ3n) is 5.62. The molecular formula is C20H27N3O. The molecular weight excluding hydrogens is 298 g/mol. The number of aromatic amines is 1. The summed E-state index contributed by atoms with van der Waals surface area (Å²) in [7, 11) is 0. The number of piperazine rings is 1. The van der Waals surface area contributed by atoms with E-state index in [1.165, 1.54) is 35.9 Å². The Bertz CT molecular complexity index is 661. The van der Waals surface area contributed by atoms with Gasteiger partial charge in [-0.3, -0.25) is 9.69 Å². The van der Waals surface area contributed by atoms with Crippen molar-refractivity contribution in [2.45, 2.75) is 38.6 Å². The molecule has 0 bridgehead atoms. The third kappa shape index (κ3) is 3.34. The van der Waals surface area contributed by atoms with Gasteiger partial charge in [-0.25, -0.2) is 0 Å². The first-order chi connectivity index (χ1) is 11.8. The van der Waals surface area contributed by atoms with Crippen LogP contribution >= 0.6 is 0 Å². The van der Waals surface area contributed by atoms with Crippen LogP contribution in [-0.4, -0.2) is 46.9 Å². The summed E-state index contributed by atoms with van der Waals surface area (Å²) >= 11 is 0. The summed E-state index contributed by atoms with van der Waals surface area (Å²) in [6, 6.07) is 10.7. The zero-order chi connectivity index (χ0) is 16.4. The van der Waals surface area contributed by atoms with Crippen molar-refractivity contribution in [2.24, 2.45) is 5.92 Å². The Labute approximate surface area is 143 Å². The second kappa shape index (κ2) is 6.98. The van der Waals surface area contributed by atoms with E-state index in [0.29, 0.717) is 11.8 Å². The second-order valence-electron chi connectivity index (χ2n) is 7.32. The minimum atomic E-state index is 0.305. The fourth-order valence-corrected chi connectivity index (χ4v) is 4.19. The van der Waals surface area contributed by atoms with E-state index >= 15 is 0 Å². The Hall–Kier alpha value is -1.81. The highest BCUT2D eigenvalue weighted by Crippen LogP contribution is 2.26. The van der Waals surface area contributed by atoms with Crippen LogP contribution in [0.1, 0.15) is 37.8 Å². The van der Waals surface area contributed by atoms with Gasteiger partial charge in [0, 0.05) is 49.9 Å². The number of H-pyrrole nitrogens is 1. The van der Waals surface area contributed by atoms with E-state index in [1.807, 2.05) is 0 Å². The van der Waals surface area contributed by atoms with Gasteiger partial charge in [0.15, 0.2) is 0 Å². The van der Waals surface area contributed by atoms with Gasteiger partial charge >= 0.3 is 0 Å². The average molecular weight is 325 g/mol. The summed E-state index contributed by atoms with van der Waals surface area (Å²) in [5.74, 6) is 0.721. The number of carbonyl (C=O) groups is 1. The molecule has 1 N–H and O–H groups in total. The molecule has 2 fully saturated rings. The summed E-state index contributed by atoms with van der Waals surface area (Å²) in [5.41, 5.74) is 2.47. The van der Waals surface area contributed by atoms with Crippen LogP contribution < -0.4 is 0 Å². The van der Waals surface area contributed by atoms with E-state index in [1.54, 1.807) is 0 Å². The molecule has 1 aliphatic carbocycles. The number of rotatable bonds is 3. The van der Waals surface area contributed by atoms with Crippen LogP contribution in [0, 0.1) is 5.92 Å². The number of hydrogen-bond donors (Lipinski definition) is 1. The molecule has 2 aliphatic rings. The van der Waals surface area contributed by atoms with Gasteiger partial charge in [0.25, 0.3) is 0 Å². The molecule has 0 unspecified atom stereocenters. The van der Waals surface area contributed by atoms with Crippen LogP contribution in [0.25, 0.3) is 10.9 Å². The third-order valence-corrected chi connectivity index (χ3v) is 5.62. The number of aromatic nitrogens is 1. The monoisotopic (exact) mass is 325 g/mol. The van der Waals surface area contributed by atoms with Gasteiger partial charge in [0.05, 0.1) is 0 Å². The van der Waals surface area contributed by atoms with Crippen LogP contribution in [0.5, 0.6) is 0 Å². The van der Waals surface area contributed by atoms with Crippen molar-refractivity contribution in [3.05, 3.63) is 36.0 Å². The SMILES string of the molecule is O=C(C1CCCCC1)N1CCN(Cc2cc3ccccc3[nH]2)CC1. The van der Waals surface area contributed by atoms with E-state index in [9.17, 15) is 4.79 Å². The number of nitrogens with one attached hydrogen (secondary N) is 1. The average Bonchev–Trinajstić information content (AvgIpc) is 3.05. The molecule has 0 atom stereocenters. The van der Waals surface area contributed by atoms with Crippen molar-refractivity contribution < 1.29 is 4.79 Å². The van der Waals surface area contributed by atoms with E-state index < -0.39 is 0 Å². The molecule has 1 amide bonds. The lowest BCUT2D eigenvalue weighted by Crippen LogP contribution is -2.50. The summed E-state index contributed by atoms with van der Waals surface area (Å²) < 4.78 is 0. The van der Waals surface area contributed by atoms with Gasteiger partial charge in [-0.15, -0.1) is 0 Å². The second-order valence-corrected chi connectivity index (χ2v) is 7.32. The number of carbonyl (C=O) groups excluding carboxylic acids is 1. The number of hydrogen-bond acceptors (Lipinski definition) is 2. The molecule has 4 heteroatoms. The molecule has 1 saturated carbocycles. The lowest BCUT2D eigenvalue weighted by atomic mass is 9.88. The van der Waals surface area contributed by atoms with Crippen LogP contribution in [0.3, 0.4) is 0 Å². The van der Waals surface area contributed by atoms with Crippen molar-refractivity contribution >= 4 is 16.8 Å². The van der Waals surface area contributed by atoms with Crippen molar-refractivity contribution in [1.82, 2.24) is 14.8 Å². The quantitative estimate of drug-likeness (QED) is 0.939. The molecule has 4 rings (SSSR count). The molecule has 1 aliphatic heterocycles. The Balaban J connectivity index is 1.31. The predicted octanol–water partition coefficient (Wildman–Crippen LogP) is 3.39. The fraction of sp³-hybridized carbons (Fsp3) is 0.550. The number of amides is 1. The highest BCUT2D eigenvalue weighted by atomic mass is 16.2. The highest BCUT2D eigenvalue weighted by molar-refractivity contribution is 5.80. The fourth-order valence-electron chi connectivity index (χ4n) is 4.19. The smallest absolute Gasteiger partial charge is 0.225 e. The van der Waals surface area contributed by atoms with Crippen molar-refractivity contribution in [2.75, 3.05) is 26.2 Å². The Morgan fingerprint density at radius 3 is 2.54 bits per heavy atom. The molecule has 1 saturated heterocycles. The summed E-state index contributed by atoms with van der Waals surface area (Å²) in [4.78, 5) is 20.7. The maximum Gasteiger partial charge on any atom is 0.225 e. The first-order valence-corrected chi connectivity index (χ1v) is 9.37. The number of para-hydroxylation sites is 1. The van der Waals surface area contributed by atoms with Gasteiger partial charge in [-0.2, -0.15) is 0 Å². The number of benzene rings is 1. The maximum atomic E-state index is 12.6. The first kappa shape index (κ1) is 15.7. The highest BCUT2D eigenvalue weighted by Gasteiger charge is 2.28. The van der Waals surface area contributed by atoms with Gasteiger partial charge in [-0.1, -0.05) is 37.5 Å². The van der Waals surface area contributed by atoms with Gasteiger partial charge in [-0.05, 0) is 30.4 Å². The van der Waals surface area contributed by atoms with Crippen molar-refractivity contribution in [3.8, 4) is 0 Å². The van der Waals surface area contributed by atoms with E-state index in [-0.39, 0.29) is 0 Å². The largest absolute Gasteiger partial charge is 0.357 e. The molecule has 4 nitrogen and oxygen atoms in total. The van der Waals surface area contributed by atoms with Crippen LogP contribution in [0.2, 0.25) is 0 Å². The first-order valence-electron chi connectivity index (χ1n) is 9.37. The zero-order valence-corrected chi connectivity index (χ0v) is 14.3. The minimum absolute atomic E-state index is 0.305. The normalized spacial score (nSPS) is 20.6. The molecule has 1 aromatic carbocycles. The topological polar surface area (TPSA) is 39.3 Å². The Morgan fingerprint density at radius 2 is 1.79 bits per heavy atom. The summed E-state index contributed by atoms with van der Waals surface area (Å²) in [6.07, 6.45) is 5.98. The zero-order valence-electron chi connectivity index (χ0n) is 14.3. The van der Waals surface area contributed by atoms with Crippen molar-refractivity contribution in [1.29, 1.82) is 0 Å². The number of nitrogens with zero attached hydrogens (tertiary/aromatic N) is 2. The molecule has 0 spiro atoms. The molecule has 0 radical (unpaired) electrons. The van der Waals surface area contributed by atoms with Gasteiger partial charge in [0.1, 0.15) is 0 Å². The molecule has 128 valence electrons. The van der Waals surface area contributed by atoms with Crippen LogP contribution in [-0.2, 0) is 11.3 Å². The summed E-state index contributed by atoms with van der Waals surface area (Å²) in [6.45, 7) is 4.67. The Kier molecular flexibility index (Phi) is 4.56. The Morgan fingerprint density at radius 1 is 1.04 bits per heavy atom.